The lowest BCUT2D eigenvalue weighted by Gasteiger charge is -2.24. The minimum atomic E-state index is -0.862. The summed E-state index contributed by atoms with van der Waals surface area (Å²) in [6, 6.07) is 17.3. The summed E-state index contributed by atoms with van der Waals surface area (Å²) in [7, 11) is 3.04. The number of nitrogens with zero attached hydrogens (tertiary/aromatic N) is 2. The Hall–Kier alpha value is -4.59. The van der Waals surface area contributed by atoms with Gasteiger partial charge in [0.15, 0.2) is 22.7 Å². The van der Waals surface area contributed by atoms with Crippen molar-refractivity contribution in [3.63, 3.8) is 0 Å². The summed E-state index contributed by atoms with van der Waals surface area (Å²) in [5.41, 5.74) is 0.852. The number of hydrogen-bond donors (Lipinski definition) is 0. The number of carbonyl (C=O) groups excluding carboxylic acids is 1. The monoisotopic (exact) mass is 468 g/mol. The van der Waals surface area contributed by atoms with Crippen molar-refractivity contribution >= 4 is 33.5 Å². The molecule has 1 aliphatic heterocycles. The van der Waals surface area contributed by atoms with Crippen molar-refractivity contribution in [2.24, 2.45) is 0 Å². The first-order valence-corrected chi connectivity index (χ1v) is 11.0. The van der Waals surface area contributed by atoms with Crippen LogP contribution < -0.4 is 19.8 Å². The zero-order chi connectivity index (χ0) is 24.3. The number of methoxy groups -OCH3 is 2. The predicted molar refractivity (Wildman–Crippen MR) is 129 cm³/mol. The molecule has 1 amide bonds. The second kappa shape index (κ2) is 7.73. The number of aromatic nitrogens is 1. The molecule has 1 atom stereocenters. The van der Waals surface area contributed by atoms with E-state index in [1.165, 1.54) is 19.1 Å². The third kappa shape index (κ3) is 2.96. The largest absolute Gasteiger partial charge is 0.493 e. The molecule has 0 aliphatic carbocycles. The molecule has 1 aliphatic rings. The van der Waals surface area contributed by atoms with E-state index in [2.05, 4.69) is 5.16 Å². The third-order valence-corrected chi connectivity index (χ3v) is 6.35. The van der Waals surface area contributed by atoms with Crippen LogP contribution in [0.1, 0.15) is 33.5 Å². The Kier molecular flexibility index (Phi) is 4.63. The molecule has 0 saturated heterocycles. The van der Waals surface area contributed by atoms with Crippen molar-refractivity contribution in [3.8, 4) is 11.5 Å². The Labute approximate surface area is 199 Å². The lowest BCUT2D eigenvalue weighted by atomic mass is 9.96. The van der Waals surface area contributed by atoms with E-state index in [1.807, 2.05) is 30.3 Å². The highest BCUT2D eigenvalue weighted by molar-refractivity contribution is 6.12. The fourth-order valence-electron chi connectivity index (χ4n) is 4.82. The van der Waals surface area contributed by atoms with Crippen LogP contribution in [0.25, 0.3) is 21.7 Å². The average Bonchev–Trinajstić information content (AvgIpc) is 3.44. The summed E-state index contributed by atoms with van der Waals surface area (Å²) >= 11 is 0. The molecule has 8 heteroatoms. The van der Waals surface area contributed by atoms with Gasteiger partial charge < -0.3 is 18.4 Å². The minimum Gasteiger partial charge on any atom is -0.493 e. The van der Waals surface area contributed by atoms with Gasteiger partial charge in [-0.25, -0.2) is 0 Å². The van der Waals surface area contributed by atoms with Crippen molar-refractivity contribution in [2.45, 2.75) is 13.0 Å². The van der Waals surface area contributed by atoms with Gasteiger partial charge in [-0.2, -0.15) is 0 Å². The van der Waals surface area contributed by atoms with Crippen molar-refractivity contribution in [3.05, 3.63) is 93.5 Å². The Balaban J connectivity index is 1.71. The standard InChI is InChI=1S/C27H20N2O6/c1-14-13-20(28-35-14)29-22(17-9-6-10-19(32-2)25(17)33-3)21-23(30)18-12-11-15-7-4-5-8-16(15)24(18)34-26(21)27(29)31/h4-13,22H,1-3H3/t22-/m1/s1. The Morgan fingerprint density at radius 3 is 2.51 bits per heavy atom. The molecule has 0 unspecified atom stereocenters. The summed E-state index contributed by atoms with van der Waals surface area (Å²) in [6.07, 6.45) is 0. The zero-order valence-corrected chi connectivity index (χ0v) is 19.2. The summed E-state index contributed by atoms with van der Waals surface area (Å²) in [5, 5.41) is 6.12. The van der Waals surface area contributed by atoms with E-state index >= 15 is 0 Å². The molecular weight excluding hydrogens is 448 g/mol. The predicted octanol–water partition coefficient (Wildman–Crippen LogP) is 5.01. The maximum Gasteiger partial charge on any atom is 0.296 e. The molecule has 0 spiro atoms. The molecule has 2 aromatic heterocycles. The van der Waals surface area contributed by atoms with Crippen LogP contribution in [0.15, 0.2) is 74.4 Å². The lowest BCUT2D eigenvalue weighted by molar-refractivity contribution is 0.0969. The van der Waals surface area contributed by atoms with Gasteiger partial charge in [0.25, 0.3) is 5.91 Å². The minimum absolute atomic E-state index is 0.0330. The number of fused-ring (bicyclic) bond motifs is 4. The van der Waals surface area contributed by atoms with Crippen LogP contribution in [0.3, 0.4) is 0 Å². The van der Waals surface area contributed by atoms with E-state index in [0.717, 1.165) is 10.8 Å². The van der Waals surface area contributed by atoms with Crippen molar-refractivity contribution < 1.29 is 23.2 Å². The molecular formula is C27H20N2O6. The Bertz CT molecular complexity index is 1700. The molecule has 0 N–H and O–H groups in total. The van der Waals surface area contributed by atoms with Crippen LogP contribution >= 0.6 is 0 Å². The maximum absolute atomic E-state index is 14.0. The molecule has 5 aromatic rings. The number of rotatable bonds is 4. The van der Waals surface area contributed by atoms with E-state index in [0.29, 0.717) is 33.8 Å². The molecule has 3 heterocycles. The van der Waals surface area contributed by atoms with Gasteiger partial charge in [-0.1, -0.05) is 47.6 Å². The molecule has 0 bridgehead atoms. The van der Waals surface area contributed by atoms with Crippen LogP contribution in [-0.4, -0.2) is 25.3 Å². The first-order chi connectivity index (χ1) is 17.0. The quantitative estimate of drug-likeness (QED) is 0.342. The highest BCUT2D eigenvalue weighted by Crippen LogP contribution is 2.46. The van der Waals surface area contributed by atoms with Gasteiger partial charge in [0, 0.05) is 17.0 Å². The Morgan fingerprint density at radius 2 is 1.77 bits per heavy atom. The molecule has 8 nitrogen and oxygen atoms in total. The van der Waals surface area contributed by atoms with Crippen LogP contribution in [0.2, 0.25) is 0 Å². The van der Waals surface area contributed by atoms with Crippen molar-refractivity contribution in [1.29, 1.82) is 0 Å². The fraction of sp³-hybridized carbons (Fsp3) is 0.148. The van der Waals surface area contributed by atoms with Crippen LogP contribution in [0.5, 0.6) is 11.5 Å². The van der Waals surface area contributed by atoms with Gasteiger partial charge in [-0.05, 0) is 24.4 Å². The number of anilines is 1. The summed E-state index contributed by atoms with van der Waals surface area (Å²) in [4.78, 5) is 29.2. The van der Waals surface area contributed by atoms with E-state index in [1.54, 1.807) is 37.3 Å². The number of ether oxygens (including phenoxy) is 2. The van der Waals surface area contributed by atoms with E-state index in [-0.39, 0.29) is 22.6 Å². The van der Waals surface area contributed by atoms with Gasteiger partial charge in [-0.15, -0.1) is 0 Å². The lowest BCUT2D eigenvalue weighted by Crippen LogP contribution is -2.30. The van der Waals surface area contributed by atoms with Crippen LogP contribution in [-0.2, 0) is 0 Å². The topological polar surface area (TPSA) is 95.0 Å². The van der Waals surface area contributed by atoms with Gasteiger partial charge in [0.2, 0.25) is 5.76 Å². The van der Waals surface area contributed by atoms with Crippen molar-refractivity contribution in [2.75, 3.05) is 19.1 Å². The number of aryl methyl sites for hydroxylation is 1. The number of carbonyl (C=O) groups is 1. The van der Waals surface area contributed by atoms with Gasteiger partial charge in [0.1, 0.15) is 17.4 Å². The smallest absolute Gasteiger partial charge is 0.296 e. The first-order valence-electron chi connectivity index (χ1n) is 11.0. The van der Waals surface area contributed by atoms with E-state index in [9.17, 15) is 9.59 Å². The van der Waals surface area contributed by atoms with Gasteiger partial charge >= 0.3 is 0 Å². The highest BCUT2D eigenvalue weighted by Gasteiger charge is 2.46. The molecule has 3 aromatic carbocycles. The number of para-hydroxylation sites is 1. The second-order valence-corrected chi connectivity index (χ2v) is 8.29. The van der Waals surface area contributed by atoms with Gasteiger partial charge in [0.05, 0.1) is 25.2 Å². The first kappa shape index (κ1) is 21.0. The van der Waals surface area contributed by atoms with E-state index in [4.69, 9.17) is 18.4 Å². The Morgan fingerprint density at radius 1 is 0.943 bits per heavy atom. The number of benzene rings is 3. The number of hydrogen-bond acceptors (Lipinski definition) is 7. The van der Waals surface area contributed by atoms with Crippen molar-refractivity contribution in [1.82, 2.24) is 5.16 Å². The molecule has 6 rings (SSSR count). The van der Waals surface area contributed by atoms with Crippen LogP contribution in [0, 0.1) is 6.92 Å². The normalized spacial score (nSPS) is 15.1. The molecule has 0 radical (unpaired) electrons. The summed E-state index contributed by atoms with van der Waals surface area (Å²) in [5.74, 6) is 1.14. The summed E-state index contributed by atoms with van der Waals surface area (Å²) in [6.45, 7) is 1.73. The van der Waals surface area contributed by atoms with E-state index < -0.39 is 11.9 Å². The highest BCUT2D eigenvalue weighted by atomic mass is 16.5. The molecule has 0 fully saturated rings. The fourth-order valence-corrected chi connectivity index (χ4v) is 4.82. The second-order valence-electron chi connectivity index (χ2n) is 8.29. The van der Waals surface area contributed by atoms with Gasteiger partial charge in [-0.3, -0.25) is 14.5 Å². The molecule has 174 valence electrons. The maximum atomic E-state index is 14.0. The van der Waals surface area contributed by atoms with Crippen LogP contribution in [0.4, 0.5) is 5.82 Å². The molecule has 0 saturated carbocycles. The zero-order valence-electron chi connectivity index (χ0n) is 19.2. The number of amides is 1. The molecule has 35 heavy (non-hydrogen) atoms. The summed E-state index contributed by atoms with van der Waals surface area (Å²) < 4.78 is 22.6. The SMILES string of the molecule is COc1cccc([C@@H]2c3c(oc4c(ccc5ccccc54)c3=O)C(=O)N2c2cc(C)on2)c1OC. The average molecular weight is 468 g/mol. The third-order valence-electron chi connectivity index (χ3n) is 6.35.